The van der Waals surface area contributed by atoms with Gasteiger partial charge in [0, 0.05) is 23.3 Å². The number of ether oxygens (including phenoxy) is 3. The monoisotopic (exact) mass is 475 g/mol. The van der Waals surface area contributed by atoms with Crippen LogP contribution in [-0.2, 0) is 16.1 Å². The van der Waals surface area contributed by atoms with E-state index in [0.717, 1.165) is 5.56 Å². The zero-order valence-corrected chi connectivity index (χ0v) is 18.6. The summed E-state index contributed by atoms with van der Waals surface area (Å²) in [6.07, 6.45) is 0.409. The number of halogens is 1. The van der Waals surface area contributed by atoms with Crippen LogP contribution in [0.3, 0.4) is 0 Å². The van der Waals surface area contributed by atoms with E-state index in [1.165, 1.54) is 0 Å². The van der Waals surface area contributed by atoms with Gasteiger partial charge in [0.05, 0.1) is 25.2 Å². The van der Waals surface area contributed by atoms with Crippen LogP contribution < -0.4 is 25.4 Å². The molecule has 0 radical (unpaired) electrons. The number of urea groups is 1. The van der Waals surface area contributed by atoms with E-state index in [4.69, 9.17) is 25.8 Å². The molecule has 9 nitrogen and oxygen atoms in total. The van der Waals surface area contributed by atoms with Crippen molar-refractivity contribution in [2.75, 3.05) is 18.7 Å². The third kappa shape index (κ3) is 6.28. The van der Waals surface area contributed by atoms with Crippen molar-refractivity contribution in [3.05, 3.63) is 53.1 Å². The quantitative estimate of drug-likeness (QED) is 0.489. The number of amides is 3. The number of anilines is 1. The molecule has 0 aromatic heterocycles. The molecule has 176 valence electrons. The van der Waals surface area contributed by atoms with Gasteiger partial charge < -0.3 is 35.3 Å². The highest BCUT2D eigenvalue weighted by Gasteiger charge is 2.33. The number of carbonyl (C=O) groups is 2. The Morgan fingerprint density at radius 1 is 1.06 bits per heavy atom. The molecule has 1 saturated heterocycles. The van der Waals surface area contributed by atoms with E-state index >= 15 is 0 Å². The molecule has 0 unspecified atom stereocenters. The third-order valence-electron chi connectivity index (χ3n) is 5.56. The second kappa shape index (κ2) is 10.7. The van der Waals surface area contributed by atoms with Crippen molar-refractivity contribution in [2.24, 2.45) is 0 Å². The van der Waals surface area contributed by atoms with Crippen LogP contribution in [-0.4, -0.2) is 48.7 Å². The molecule has 2 aliphatic rings. The molecule has 3 amide bonds. The van der Waals surface area contributed by atoms with E-state index in [9.17, 15) is 14.7 Å². The zero-order valence-electron chi connectivity index (χ0n) is 17.9. The Balaban J connectivity index is 1.22. The summed E-state index contributed by atoms with van der Waals surface area (Å²) in [6, 6.07) is 11.6. The number of rotatable bonds is 7. The lowest BCUT2D eigenvalue weighted by atomic mass is 9.97. The molecule has 0 aliphatic carbocycles. The van der Waals surface area contributed by atoms with Crippen molar-refractivity contribution >= 4 is 29.2 Å². The Labute approximate surface area is 196 Å². The summed E-state index contributed by atoms with van der Waals surface area (Å²) in [5.74, 6) is 1.06. The predicted octanol–water partition coefficient (Wildman–Crippen LogP) is 2.81. The molecule has 1 fully saturated rings. The largest absolute Gasteiger partial charge is 0.454 e. The average Bonchev–Trinajstić information content (AvgIpc) is 3.27. The van der Waals surface area contributed by atoms with E-state index < -0.39 is 12.1 Å². The summed E-state index contributed by atoms with van der Waals surface area (Å²) in [5.41, 5.74) is 1.51. The van der Waals surface area contributed by atoms with E-state index in [1.807, 2.05) is 12.1 Å². The molecule has 0 saturated carbocycles. The Bertz CT molecular complexity index is 987. The van der Waals surface area contributed by atoms with Crippen LogP contribution in [0.1, 0.15) is 24.8 Å². The van der Waals surface area contributed by atoms with Gasteiger partial charge in [-0.3, -0.25) is 4.79 Å². The summed E-state index contributed by atoms with van der Waals surface area (Å²) >= 11 is 5.87. The highest BCUT2D eigenvalue weighted by atomic mass is 35.5. The van der Waals surface area contributed by atoms with Crippen LogP contribution in [0.15, 0.2) is 42.5 Å². The van der Waals surface area contributed by atoms with Crippen LogP contribution >= 0.6 is 11.6 Å². The van der Waals surface area contributed by atoms with Gasteiger partial charge in [0.25, 0.3) is 0 Å². The van der Waals surface area contributed by atoms with Gasteiger partial charge in [0.2, 0.25) is 12.7 Å². The molecular formula is C23H26ClN3O6. The van der Waals surface area contributed by atoms with Gasteiger partial charge in [-0.1, -0.05) is 23.7 Å². The number of hydrogen-bond acceptors (Lipinski definition) is 6. The second-order valence-corrected chi connectivity index (χ2v) is 8.37. The van der Waals surface area contributed by atoms with Crippen LogP contribution in [0.2, 0.25) is 5.02 Å². The third-order valence-corrected chi connectivity index (χ3v) is 5.81. The van der Waals surface area contributed by atoms with Crippen LogP contribution in [0.25, 0.3) is 0 Å². The first-order valence-electron chi connectivity index (χ1n) is 10.7. The minimum absolute atomic E-state index is 0.140. The number of carbonyl (C=O) groups excluding carboxylic acids is 2. The number of fused-ring (bicyclic) bond motifs is 1. The molecule has 0 spiro atoms. The van der Waals surface area contributed by atoms with E-state index in [1.54, 1.807) is 30.3 Å². The number of aliphatic hydroxyl groups excluding tert-OH is 1. The van der Waals surface area contributed by atoms with Gasteiger partial charge >= 0.3 is 6.03 Å². The Kier molecular flexibility index (Phi) is 7.54. The van der Waals surface area contributed by atoms with Crippen molar-refractivity contribution in [3.8, 4) is 11.5 Å². The molecule has 10 heteroatoms. The summed E-state index contributed by atoms with van der Waals surface area (Å²) in [5, 5.41) is 18.9. The molecule has 2 aromatic rings. The number of aliphatic hydroxyl groups is 1. The fraction of sp³-hybridized carbons (Fsp3) is 0.391. The maximum atomic E-state index is 12.4. The van der Waals surface area contributed by atoms with Gasteiger partial charge in [0.1, 0.15) is 6.10 Å². The van der Waals surface area contributed by atoms with Gasteiger partial charge in [0.15, 0.2) is 11.5 Å². The second-order valence-electron chi connectivity index (χ2n) is 7.94. The van der Waals surface area contributed by atoms with E-state index in [-0.39, 0.29) is 37.9 Å². The van der Waals surface area contributed by atoms with Crippen LogP contribution in [0, 0.1) is 0 Å². The van der Waals surface area contributed by atoms with E-state index in [2.05, 4.69) is 16.0 Å². The van der Waals surface area contributed by atoms with Gasteiger partial charge in [-0.15, -0.1) is 0 Å². The molecular weight excluding hydrogens is 450 g/mol. The van der Waals surface area contributed by atoms with Gasteiger partial charge in [-0.05, 0) is 42.7 Å². The topological polar surface area (TPSA) is 118 Å². The van der Waals surface area contributed by atoms with Crippen molar-refractivity contribution in [3.63, 3.8) is 0 Å². The molecule has 2 aliphatic heterocycles. The van der Waals surface area contributed by atoms with E-state index in [0.29, 0.717) is 41.6 Å². The van der Waals surface area contributed by atoms with Gasteiger partial charge in [-0.2, -0.15) is 0 Å². The number of hydrogen-bond donors (Lipinski definition) is 4. The lowest BCUT2D eigenvalue weighted by molar-refractivity contribution is -0.130. The molecule has 2 heterocycles. The fourth-order valence-electron chi connectivity index (χ4n) is 3.84. The number of benzene rings is 2. The van der Waals surface area contributed by atoms with Crippen LogP contribution in [0.4, 0.5) is 10.5 Å². The molecule has 33 heavy (non-hydrogen) atoms. The highest BCUT2D eigenvalue weighted by Crippen LogP contribution is 2.34. The minimum atomic E-state index is -0.602. The van der Waals surface area contributed by atoms with Crippen molar-refractivity contribution in [1.82, 2.24) is 10.6 Å². The predicted molar refractivity (Wildman–Crippen MR) is 121 cm³/mol. The zero-order chi connectivity index (χ0) is 23.2. The maximum Gasteiger partial charge on any atom is 0.319 e. The lowest BCUT2D eigenvalue weighted by Gasteiger charge is -2.35. The summed E-state index contributed by atoms with van der Waals surface area (Å²) in [6.45, 7) is 0.289. The summed E-state index contributed by atoms with van der Waals surface area (Å²) in [4.78, 5) is 24.7. The Morgan fingerprint density at radius 2 is 1.85 bits per heavy atom. The summed E-state index contributed by atoms with van der Waals surface area (Å²) in [7, 11) is 0. The first-order valence-corrected chi connectivity index (χ1v) is 11.1. The molecule has 4 N–H and O–H groups in total. The Hall–Kier alpha value is -3.01. The number of nitrogens with one attached hydrogen (secondary N) is 3. The highest BCUT2D eigenvalue weighted by molar-refractivity contribution is 6.30. The molecule has 0 bridgehead atoms. The van der Waals surface area contributed by atoms with Crippen molar-refractivity contribution in [2.45, 2.75) is 44.1 Å². The SMILES string of the molecule is O=C(C[C@@H]1CC[C@H](NC(=O)Nc2ccc3c(c2)OCO3)[C@H](CO)O1)NCc1ccc(Cl)cc1. The molecule has 3 atom stereocenters. The molecule has 4 rings (SSSR count). The van der Waals surface area contributed by atoms with Gasteiger partial charge in [-0.25, -0.2) is 4.79 Å². The summed E-state index contributed by atoms with van der Waals surface area (Å²) < 4.78 is 16.5. The van der Waals surface area contributed by atoms with Crippen LogP contribution in [0.5, 0.6) is 11.5 Å². The maximum absolute atomic E-state index is 12.4. The Morgan fingerprint density at radius 3 is 2.64 bits per heavy atom. The minimum Gasteiger partial charge on any atom is -0.454 e. The first-order chi connectivity index (χ1) is 16.0. The fourth-order valence-corrected chi connectivity index (χ4v) is 3.96. The smallest absolute Gasteiger partial charge is 0.319 e. The van der Waals surface area contributed by atoms with Crippen molar-refractivity contribution in [1.29, 1.82) is 0 Å². The molecule has 2 aromatic carbocycles. The normalized spacial score (nSPS) is 21.3. The first kappa shape index (κ1) is 23.2. The van der Waals surface area contributed by atoms with Crippen molar-refractivity contribution < 1.29 is 28.9 Å². The average molecular weight is 476 g/mol. The lowest BCUT2D eigenvalue weighted by Crippen LogP contribution is -2.52. The standard InChI is InChI=1S/C23H26ClN3O6/c24-15-3-1-14(2-4-15)11-25-22(29)10-17-6-7-18(21(12-28)33-17)27-23(30)26-16-5-8-19-20(9-16)32-13-31-19/h1-5,8-9,17-18,21,28H,6-7,10-13H2,(H,25,29)(H2,26,27,30)/t17-,18-,21-/m0/s1.